The predicted molar refractivity (Wildman–Crippen MR) is 85.1 cm³/mol. The van der Waals surface area contributed by atoms with E-state index in [0.717, 1.165) is 16.8 Å². The lowest BCUT2D eigenvalue weighted by molar-refractivity contribution is 0.266. The monoisotopic (exact) mass is 274 g/mol. The average Bonchev–Trinajstić information content (AvgIpc) is 2.75. The molecule has 2 atom stereocenters. The molecule has 1 aromatic rings. The number of amidine groups is 1. The first kappa shape index (κ1) is 13.0. The van der Waals surface area contributed by atoms with E-state index in [4.69, 9.17) is 4.99 Å². The van der Waals surface area contributed by atoms with E-state index in [1.807, 2.05) is 11.8 Å². The molecule has 2 nitrogen and oxygen atoms in total. The molecule has 102 valence electrons. The molecule has 2 aliphatic rings. The van der Waals surface area contributed by atoms with Crippen molar-refractivity contribution in [3.05, 3.63) is 29.8 Å². The smallest absolute Gasteiger partial charge is 0.161 e. The van der Waals surface area contributed by atoms with Gasteiger partial charge in [0.05, 0.1) is 5.54 Å². The lowest BCUT2D eigenvalue weighted by atomic mass is 9.78. The minimum atomic E-state index is 0.230. The zero-order chi connectivity index (χ0) is 13.3. The van der Waals surface area contributed by atoms with Crippen LogP contribution < -0.4 is 5.32 Å². The average molecular weight is 274 g/mol. The van der Waals surface area contributed by atoms with Crippen molar-refractivity contribution in [3.8, 4) is 0 Å². The normalized spacial score (nSPS) is 30.4. The van der Waals surface area contributed by atoms with Crippen molar-refractivity contribution >= 4 is 22.6 Å². The van der Waals surface area contributed by atoms with Crippen LogP contribution in [0.25, 0.3) is 0 Å². The van der Waals surface area contributed by atoms with Crippen LogP contribution in [0.2, 0.25) is 0 Å². The van der Waals surface area contributed by atoms with Gasteiger partial charge >= 0.3 is 0 Å². The molecule has 1 aliphatic heterocycles. The van der Waals surface area contributed by atoms with Crippen LogP contribution in [0.1, 0.15) is 38.2 Å². The van der Waals surface area contributed by atoms with Crippen molar-refractivity contribution in [2.45, 2.75) is 45.1 Å². The second-order valence-electron chi connectivity index (χ2n) is 6.07. The third kappa shape index (κ3) is 2.81. The molecule has 2 unspecified atom stereocenters. The highest BCUT2D eigenvalue weighted by atomic mass is 32.2. The van der Waals surface area contributed by atoms with E-state index >= 15 is 0 Å². The summed E-state index contributed by atoms with van der Waals surface area (Å²) in [5.74, 6) is 1.99. The van der Waals surface area contributed by atoms with Crippen LogP contribution in [0.3, 0.4) is 0 Å². The molecular weight excluding hydrogens is 252 g/mol. The van der Waals surface area contributed by atoms with Crippen LogP contribution in [-0.4, -0.2) is 16.5 Å². The van der Waals surface area contributed by atoms with Gasteiger partial charge in [-0.05, 0) is 37.3 Å². The summed E-state index contributed by atoms with van der Waals surface area (Å²) in [5.41, 5.74) is 2.70. The van der Waals surface area contributed by atoms with Crippen LogP contribution in [-0.2, 0) is 0 Å². The number of nitrogens with zero attached hydrogens (tertiary/aromatic N) is 1. The summed E-state index contributed by atoms with van der Waals surface area (Å²) in [7, 11) is 0. The number of benzene rings is 1. The Kier molecular flexibility index (Phi) is 3.57. The third-order valence-corrected chi connectivity index (χ3v) is 5.42. The van der Waals surface area contributed by atoms with Crippen molar-refractivity contribution in [3.63, 3.8) is 0 Å². The Morgan fingerprint density at radius 3 is 3.00 bits per heavy atom. The SMILES string of the molecule is Cc1ccccc1NC1=NC2(CCCC(C)C2)CS1. The maximum absolute atomic E-state index is 5.03. The maximum Gasteiger partial charge on any atom is 0.161 e. The van der Waals surface area contributed by atoms with E-state index < -0.39 is 0 Å². The molecule has 1 fully saturated rings. The van der Waals surface area contributed by atoms with E-state index in [2.05, 4.69) is 43.4 Å². The van der Waals surface area contributed by atoms with Gasteiger partial charge in [0.25, 0.3) is 0 Å². The highest BCUT2D eigenvalue weighted by Gasteiger charge is 2.39. The molecule has 1 saturated carbocycles. The number of para-hydroxylation sites is 1. The van der Waals surface area contributed by atoms with Gasteiger partial charge in [-0.2, -0.15) is 0 Å². The van der Waals surface area contributed by atoms with E-state index in [1.165, 1.54) is 36.9 Å². The molecule has 1 aliphatic carbocycles. The summed E-state index contributed by atoms with van der Waals surface area (Å²) in [6.45, 7) is 4.51. The number of hydrogen-bond donors (Lipinski definition) is 1. The van der Waals surface area contributed by atoms with Crippen molar-refractivity contribution in [1.82, 2.24) is 0 Å². The lowest BCUT2D eigenvalue weighted by Gasteiger charge is -2.33. The first-order valence-electron chi connectivity index (χ1n) is 7.22. The van der Waals surface area contributed by atoms with Crippen LogP contribution in [0.4, 0.5) is 5.69 Å². The molecule has 0 saturated heterocycles. The van der Waals surface area contributed by atoms with Crippen molar-refractivity contribution in [1.29, 1.82) is 0 Å². The van der Waals surface area contributed by atoms with Gasteiger partial charge in [-0.15, -0.1) is 0 Å². The Bertz CT molecular complexity index is 497. The zero-order valence-corrected chi connectivity index (χ0v) is 12.6. The van der Waals surface area contributed by atoms with Gasteiger partial charge in [-0.1, -0.05) is 49.7 Å². The van der Waals surface area contributed by atoms with E-state index in [0.29, 0.717) is 0 Å². The number of aryl methyl sites for hydroxylation is 1. The number of anilines is 1. The van der Waals surface area contributed by atoms with Gasteiger partial charge in [0, 0.05) is 11.4 Å². The van der Waals surface area contributed by atoms with Gasteiger partial charge in [-0.25, -0.2) is 0 Å². The summed E-state index contributed by atoms with van der Waals surface area (Å²) in [6, 6.07) is 8.43. The van der Waals surface area contributed by atoms with Gasteiger partial charge in [0.1, 0.15) is 0 Å². The summed E-state index contributed by atoms with van der Waals surface area (Å²) < 4.78 is 0. The number of hydrogen-bond acceptors (Lipinski definition) is 3. The molecule has 19 heavy (non-hydrogen) atoms. The Labute approximate surface area is 120 Å². The number of nitrogens with one attached hydrogen (secondary N) is 1. The first-order chi connectivity index (χ1) is 9.17. The Morgan fingerprint density at radius 2 is 2.21 bits per heavy atom. The van der Waals surface area contributed by atoms with Gasteiger partial charge in [-0.3, -0.25) is 4.99 Å². The van der Waals surface area contributed by atoms with Gasteiger partial charge in [0.2, 0.25) is 0 Å². The molecule has 0 radical (unpaired) electrons. The fourth-order valence-electron chi connectivity index (χ4n) is 3.24. The van der Waals surface area contributed by atoms with E-state index in [9.17, 15) is 0 Å². The standard InChI is InChI=1S/C16H22N2S/c1-12-6-5-9-16(10-12)11-19-15(18-16)17-14-8-4-3-7-13(14)2/h3-4,7-8,12H,5-6,9-11H2,1-2H3,(H,17,18). The molecule has 0 bridgehead atoms. The summed E-state index contributed by atoms with van der Waals surface area (Å²) >= 11 is 1.89. The molecule has 0 amide bonds. The fraction of sp³-hybridized carbons (Fsp3) is 0.562. The Morgan fingerprint density at radius 1 is 1.37 bits per heavy atom. The highest BCUT2D eigenvalue weighted by Crippen LogP contribution is 2.42. The largest absolute Gasteiger partial charge is 0.335 e. The van der Waals surface area contributed by atoms with Crippen molar-refractivity contribution < 1.29 is 0 Å². The third-order valence-electron chi connectivity index (χ3n) is 4.27. The van der Waals surface area contributed by atoms with Crippen LogP contribution >= 0.6 is 11.8 Å². The zero-order valence-electron chi connectivity index (χ0n) is 11.8. The van der Waals surface area contributed by atoms with Crippen molar-refractivity contribution in [2.24, 2.45) is 10.9 Å². The highest BCUT2D eigenvalue weighted by molar-refractivity contribution is 8.14. The molecule has 3 heteroatoms. The number of aliphatic imine (C=N–C) groups is 1. The Balaban J connectivity index is 1.75. The quantitative estimate of drug-likeness (QED) is 0.817. The van der Waals surface area contributed by atoms with Crippen LogP contribution in [0.5, 0.6) is 0 Å². The van der Waals surface area contributed by atoms with Crippen molar-refractivity contribution in [2.75, 3.05) is 11.1 Å². The van der Waals surface area contributed by atoms with Crippen LogP contribution in [0.15, 0.2) is 29.3 Å². The predicted octanol–water partition coefficient (Wildman–Crippen LogP) is 4.46. The second-order valence-corrected chi connectivity index (χ2v) is 7.04. The minimum absolute atomic E-state index is 0.230. The molecule has 0 aromatic heterocycles. The van der Waals surface area contributed by atoms with Gasteiger partial charge < -0.3 is 5.32 Å². The Hall–Kier alpha value is -0.960. The first-order valence-corrected chi connectivity index (χ1v) is 8.21. The van der Waals surface area contributed by atoms with Gasteiger partial charge in [0.15, 0.2) is 5.17 Å². The maximum atomic E-state index is 5.03. The molecule has 1 N–H and O–H groups in total. The molecule has 1 spiro atoms. The fourth-order valence-corrected chi connectivity index (χ4v) is 4.41. The van der Waals surface area contributed by atoms with E-state index in [-0.39, 0.29) is 5.54 Å². The molecular formula is C16H22N2S. The number of thioether (sulfide) groups is 1. The minimum Gasteiger partial charge on any atom is -0.335 e. The summed E-state index contributed by atoms with van der Waals surface area (Å²) in [6.07, 6.45) is 5.24. The molecule has 3 rings (SSSR count). The summed E-state index contributed by atoms with van der Waals surface area (Å²) in [4.78, 5) is 5.03. The molecule has 1 aromatic carbocycles. The molecule has 1 heterocycles. The van der Waals surface area contributed by atoms with Crippen LogP contribution in [0, 0.1) is 12.8 Å². The second kappa shape index (κ2) is 5.20. The number of rotatable bonds is 1. The topological polar surface area (TPSA) is 24.4 Å². The van der Waals surface area contributed by atoms with E-state index in [1.54, 1.807) is 0 Å². The lowest BCUT2D eigenvalue weighted by Crippen LogP contribution is -2.33. The summed E-state index contributed by atoms with van der Waals surface area (Å²) in [5, 5.41) is 4.62.